The van der Waals surface area contributed by atoms with E-state index in [-0.39, 0.29) is 17.5 Å². The van der Waals surface area contributed by atoms with Crippen molar-refractivity contribution < 1.29 is 13.9 Å². The summed E-state index contributed by atoms with van der Waals surface area (Å²) in [6.07, 6.45) is 7.92. The zero-order valence-electron chi connectivity index (χ0n) is 13.3. The van der Waals surface area contributed by atoms with Gasteiger partial charge in [0.2, 0.25) is 0 Å². The Balaban J connectivity index is 1.47. The SMILES string of the molecule is C[C@@]12C[C@@H]3CCCC[C@H](O1)[C@H]3C[C@@H]2OCc1ccccc1F. The van der Waals surface area contributed by atoms with Gasteiger partial charge in [0.1, 0.15) is 5.82 Å². The maximum absolute atomic E-state index is 13.8. The van der Waals surface area contributed by atoms with Gasteiger partial charge in [-0.1, -0.05) is 31.0 Å². The minimum absolute atomic E-state index is 0.0997. The molecule has 1 aromatic carbocycles. The maximum Gasteiger partial charge on any atom is 0.128 e. The number of hydrogen-bond acceptors (Lipinski definition) is 2. The first-order chi connectivity index (χ1) is 10.7. The molecule has 0 radical (unpaired) electrons. The molecule has 2 aliphatic carbocycles. The molecule has 120 valence electrons. The highest BCUT2D eigenvalue weighted by Gasteiger charge is 2.55. The third-order valence-electron chi connectivity index (χ3n) is 6.05. The lowest BCUT2D eigenvalue weighted by Crippen LogP contribution is -2.60. The third-order valence-corrected chi connectivity index (χ3v) is 6.05. The molecule has 5 rings (SSSR count). The van der Waals surface area contributed by atoms with Crippen LogP contribution in [0.2, 0.25) is 0 Å². The largest absolute Gasteiger partial charge is 0.370 e. The number of fused-ring (bicyclic) bond motifs is 1. The van der Waals surface area contributed by atoms with Crippen LogP contribution in [0.25, 0.3) is 0 Å². The Morgan fingerprint density at radius 1 is 1.27 bits per heavy atom. The van der Waals surface area contributed by atoms with Crippen LogP contribution in [0.15, 0.2) is 24.3 Å². The Kier molecular flexibility index (Phi) is 3.74. The summed E-state index contributed by atoms with van der Waals surface area (Å²) in [6, 6.07) is 6.88. The molecule has 4 fully saturated rings. The summed E-state index contributed by atoms with van der Waals surface area (Å²) >= 11 is 0. The van der Waals surface area contributed by atoms with E-state index in [0.717, 1.165) is 18.8 Å². The van der Waals surface area contributed by atoms with Crippen molar-refractivity contribution in [3.8, 4) is 0 Å². The van der Waals surface area contributed by atoms with Crippen molar-refractivity contribution in [1.82, 2.24) is 0 Å². The molecule has 0 amide bonds. The van der Waals surface area contributed by atoms with Crippen LogP contribution in [-0.2, 0) is 16.1 Å². The lowest BCUT2D eigenvalue weighted by molar-refractivity contribution is -0.267. The Morgan fingerprint density at radius 2 is 2.09 bits per heavy atom. The molecule has 2 heterocycles. The average molecular weight is 304 g/mol. The molecule has 5 atom stereocenters. The monoisotopic (exact) mass is 304 g/mol. The predicted octanol–water partition coefficient (Wildman–Crippen LogP) is 4.47. The van der Waals surface area contributed by atoms with Gasteiger partial charge in [-0.25, -0.2) is 4.39 Å². The molecule has 2 nitrogen and oxygen atoms in total. The van der Waals surface area contributed by atoms with Gasteiger partial charge in [0.25, 0.3) is 0 Å². The van der Waals surface area contributed by atoms with Gasteiger partial charge in [-0.3, -0.25) is 0 Å². The van der Waals surface area contributed by atoms with E-state index in [1.807, 2.05) is 6.07 Å². The highest BCUT2D eigenvalue weighted by atomic mass is 19.1. The fraction of sp³-hybridized carbons (Fsp3) is 0.684. The van der Waals surface area contributed by atoms with Crippen LogP contribution in [0.5, 0.6) is 0 Å². The van der Waals surface area contributed by atoms with Crippen molar-refractivity contribution in [2.75, 3.05) is 0 Å². The average Bonchev–Trinajstić information content (AvgIpc) is 2.64. The van der Waals surface area contributed by atoms with Crippen LogP contribution in [0.1, 0.15) is 51.0 Å². The lowest BCUT2D eigenvalue weighted by atomic mass is 9.65. The minimum atomic E-state index is -0.181. The highest BCUT2D eigenvalue weighted by molar-refractivity contribution is 5.16. The fourth-order valence-electron chi connectivity index (χ4n) is 4.90. The summed E-state index contributed by atoms with van der Waals surface area (Å²) < 4.78 is 26.3. The summed E-state index contributed by atoms with van der Waals surface area (Å²) in [5.74, 6) is 1.28. The summed E-state index contributed by atoms with van der Waals surface area (Å²) in [6.45, 7) is 2.55. The predicted molar refractivity (Wildman–Crippen MR) is 82.9 cm³/mol. The topological polar surface area (TPSA) is 18.5 Å². The molecule has 1 aromatic rings. The molecule has 3 heteroatoms. The first-order valence-corrected chi connectivity index (χ1v) is 8.68. The molecule has 0 spiro atoms. The molecular weight excluding hydrogens is 279 g/mol. The number of hydrogen-bond donors (Lipinski definition) is 0. The van der Waals surface area contributed by atoms with Crippen molar-refractivity contribution in [3.05, 3.63) is 35.6 Å². The van der Waals surface area contributed by atoms with E-state index < -0.39 is 0 Å². The number of rotatable bonds is 3. The van der Waals surface area contributed by atoms with Crippen LogP contribution in [0.3, 0.4) is 0 Å². The van der Waals surface area contributed by atoms with E-state index in [1.165, 1.54) is 31.7 Å². The quantitative estimate of drug-likeness (QED) is 0.820. The molecule has 2 saturated heterocycles. The first kappa shape index (κ1) is 14.6. The second kappa shape index (κ2) is 5.61. The van der Waals surface area contributed by atoms with Gasteiger partial charge < -0.3 is 9.47 Å². The van der Waals surface area contributed by atoms with Crippen molar-refractivity contribution in [1.29, 1.82) is 0 Å². The van der Waals surface area contributed by atoms with E-state index in [1.54, 1.807) is 12.1 Å². The molecule has 2 aliphatic heterocycles. The maximum atomic E-state index is 13.8. The number of benzene rings is 1. The molecule has 0 N–H and O–H groups in total. The zero-order chi connectivity index (χ0) is 15.2. The van der Waals surface area contributed by atoms with Crippen LogP contribution >= 0.6 is 0 Å². The Labute approximate surface area is 132 Å². The van der Waals surface area contributed by atoms with Gasteiger partial charge in [0.15, 0.2) is 0 Å². The van der Waals surface area contributed by atoms with E-state index >= 15 is 0 Å². The highest BCUT2D eigenvalue weighted by Crippen LogP contribution is 2.53. The molecule has 4 bridgehead atoms. The van der Waals surface area contributed by atoms with Crippen LogP contribution in [-0.4, -0.2) is 17.8 Å². The van der Waals surface area contributed by atoms with Gasteiger partial charge in [0, 0.05) is 5.56 Å². The summed E-state index contributed by atoms with van der Waals surface area (Å²) in [5, 5.41) is 0. The zero-order valence-corrected chi connectivity index (χ0v) is 13.3. The molecule has 0 aromatic heterocycles. The van der Waals surface area contributed by atoms with E-state index in [2.05, 4.69) is 6.92 Å². The van der Waals surface area contributed by atoms with E-state index in [4.69, 9.17) is 9.47 Å². The van der Waals surface area contributed by atoms with Crippen LogP contribution < -0.4 is 0 Å². The van der Waals surface area contributed by atoms with Crippen molar-refractivity contribution in [2.24, 2.45) is 11.8 Å². The van der Waals surface area contributed by atoms with Gasteiger partial charge in [-0.05, 0) is 50.5 Å². The molecule has 0 unspecified atom stereocenters. The van der Waals surface area contributed by atoms with Crippen LogP contribution in [0, 0.1) is 17.7 Å². The fourth-order valence-corrected chi connectivity index (χ4v) is 4.90. The Morgan fingerprint density at radius 3 is 2.91 bits per heavy atom. The minimum Gasteiger partial charge on any atom is -0.370 e. The number of ether oxygens (including phenoxy) is 2. The van der Waals surface area contributed by atoms with Gasteiger partial charge in [-0.2, -0.15) is 0 Å². The van der Waals surface area contributed by atoms with Gasteiger partial charge >= 0.3 is 0 Å². The Bertz CT molecular complexity index is 528. The van der Waals surface area contributed by atoms with E-state index in [0.29, 0.717) is 24.2 Å². The third kappa shape index (κ3) is 2.48. The van der Waals surface area contributed by atoms with Gasteiger partial charge in [-0.15, -0.1) is 0 Å². The second-order valence-corrected chi connectivity index (χ2v) is 7.51. The summed E-state index contributed by atoms with van der Waals surface area (Å²) in [4.78, 5) is 0. The molecular formula is C19H25FO2. The van der Waals surface area contributed by atoms with E-state index in [9.17, 15) is 4.39 Å². The van der Waals surface area contributed by atoms with Crippen LogP contribution in [0.4, 0.5) is 4.39 Å². The molecule has 4 aliphatic rings. The van der Waals surface area contributed by atoms with Gasteiger partial charge in [0.05, 0.1) is 24.4 Å². The normalized spacial score (nSPS) is 40.5. The van der Waals surface area contributed by atoms with Crippen molar-refractivity contribution >= 4 is 0 Å². The number of halogens is 1. The van der Waals surface area contributed by atoms with Crippen molar-refractivity contribution in [2.45, 2.75) is 69.9 Å². The molecule has 2 saturated carbocycles. The first-order valence-electron chi connectivity index (χ1n) is 8.68. The molecule has 22 heavy (non-hydrogen) atoms. The lowest BCUT2D eigenvalue weighted by Gasteiger charge is -2.56. The standard InChI is InChI=1S/C19H25FO2/c1-19-11-13-6-3-5-9-17(22-19)15(13)10-18(19)21-12-14-7-2-4-8-16(14)20/h2,4,7-8,13,15,17-18H,3,5-6,9-12H2,1H3/t13-,15-,17-,18-,19-/m0/s1. The second-order valence-electron chi connectivity index (χ2n) is 7.51. The Hall–Kier alpha value is -0.930. The summed E-state index contributed by atoms with van der Waals surface area (Å²) in [5.41, 5.74) is 0.463. The van der Waals surface area contributed by atoms with Crippen molar-refractivity contribution in [3.63, 3.8) is 0 Å². The smallest absolute Gasteiger partial charge is 0.128 e. The summed E-state index contributed by atoms with van der Waals surface area (Å²) in [7, 11) is 0.